The van der Waals surface area contributed by atoms with Crippen molar-refractivity contribution < 1.29 is 29.1 Å². The predicted molar refractivity (Wildman–Crippen MR) is 120 cm³/mol. The van der Waals surface area contributed by atoms with Crippen molar-refractivity contribution in [1.29, 1.82) is 0 Å². The molecule has 8 nitrogen and oxygen atoms in total. The summed E-state index contributed by atoms with van der Waals surface area (Å²) in [7, 11) is 0. The van der Waals surface area contributed by atoms with Gasteiger partial charge in [-0.3, -0.25) is 9.59 Å². The maximum absolute atomic E-state index is 11.5. The van der Waals surface area contributed by atoms with Crippen LogP contribution in [0.2, 0.25) is 0 Å². The first-order chi connectivity index (χ1) is 13.4. The third-order valence-corrected chi connectivity index (χ3v) is 4.06. The van der Waals surface area contributed by atoms with Crippen LogP contribution in [0.3, 0.4) is 0 Å². The van der Waals surface area contributed by atoms with Crippen molar-refractivity contribution in [3.63, 3.8) is 0 Å². The second-order valence-electron chi connectivity index (χ2n) is 5.38. The largest absolute Gasteiger partial charge is 0.362 e. The van der Waals surface area contributed by atoms with Crippen LogP contribution in [-0.4, -0.2) is 34.9 Å². The molecule has 8 N–H and O–H groups in total. The number of hydrogen-bond donors (Lipinski definition) is 6. The van der Waals surface area contributed by atoms with E-state index in [1.807, 2.05) is 26.0 Å². The fraction of sp³-hybridized carbons (Fsp3) is 0.222. The molecule has 3 rings (SSSR count). The Kier molecular flexibility index (Phi) is 13.0. The molecule has 1 aliphatic carbocycles. The summed E-state index contributed by atoms with van der Waals surface area (Å²) in [6.07, 6.45) is 0. The smallest absolute Gasteiger partial charge is 0.234 e. The number of ketones is 2. The molecule has 0 atom stereocenters. The second-order valence-corrected chi connectivity index (χ2v) is 6.19. The molecule has 0 amide bonds. The molecule has 0 fully saturated rings. The van der Waals surface area contributed by atoms with E-state index in [1.165, 1.54) is 0 Å². The Labute approximate surface area is 193 Å². The van der Waals surface area contributed by atoms with E-state index < -0.39 is 0 Å². The van der Waals surface area contributed by atoms with Crippen molar-refractivity contribution in [2.24, 2.45) is 11.7 Å². The van der Waals surface area contributed by atoms with Gasteiger partial charge in [0.05, 0.1) is 0 Å². The van der Waals surface area contributed by atoms with Gasteiger partial charge < -0.3 is 21.5 Å². The van der Waals surface area contributed by atoms with Gasteiger partial charge in [-0.15, -0.1) is 0 Å². The monoisotopic (exact) mass is 484 g/mol. The van der Waals surface area contributed by atoms with Crippen LogP contribution < -0.4 is 33.2 Å². The van der Waals surface area contributed by atoms with Crippen molar-refractivity contribution in [3.05, 3.63) is 47.5 Å². The van der Waals surface area contributed by atoms with E-state index in [4.69, 9.17) is 11.7 Å². The fourth-order valence-electron chi connectivity index (χ4n) is 2.39. The number of thiocarbonyl (C=S) groups is 2. The van der Waals surface area contributed by atoms with E-state index in [-0.39, 0.29) is 31.0 Å². The maximum atomic E-state index is 11.5. The molecule has 1 aliphatic rings. The molecule has 0 heterocycles. The van der Waals surface area contributed by atoms with Crippen molar-refractivity contribution in [3.8, 4) is 0 Å². The molecule has 2 aromatic carbocycles. The minimum absolute atomic E-state index is 0. The molecule has 0 radical (unpaired) electrons. The molecule has 0 spiro atoms. The normalized spacial score (nSPS) is 10.5. The number of hydrazine groups is 2. The average molecular weight is 486 g/mol. The van der Waals surface area contributed by atoms with Gasteiger partial charge in [-0.2, -0.15) is 0 Å². The number of nitrogens with one attached hydrogen (secondary N) is 4. The second kappa shape index (κ2) is 14.0. The number of benzene rings is 2. The van der Waals surface area contributed by atoms with E-state index in [1.54, 1.807) is 24.3 Å². The standard InChI is InChI=1S/C12H6O2.2C3H9N3S.Zn/c13-11-8-5-1-3-7-4-2-6-9(10(7)8)12(11)14;2*1-2-5-3(7)6-4;/h1-6H;2*2,4H2,1H3,(H2,5,6,7);. The molecular formula is C18H24N6O2S2Zn. The van der Waals surface area contributed by atoms with Gasteiger partial charge in [0.1, 0.15) is 0 Å². The van der Waals surface area contributed by atoms with Gasteiger partial charge in [0.25, 0.3) is 0 Å². The molecule has 2 aromatic rings. The van der Waals surface area contributed by atoms with Crippen molar-refractivity contribution in [1.82, 2.24) is 21.5 Å². The topological polar surface area (TPSA) is 134 Å². The summed E-state index contributed by atoms with van der Waals surface area (Å²) in [5.41, 5.74) is 5.66. The summed E-state index contributed by atoms with van der Waals surface area (Å²) in [6, 6.07) is 10.8. The predicted octanol–water partition coefficient (Wildman–Crippen LogP) is 0.905. The summed E-state index contributed by atoms with van der Waals surface area (Å²) in [5.74, 6) is 9.05. The van der Waals surface area contributed by atoms with Crippen LogP contribution in [0.1, 0.15) is 34.6 Å². The number of hydrogen-bond acceptors (Lipinski definition) is 6. The SMILES string of the molecule is CCNC(=S)NN.CCNC(=S)NN.O=C1C(=O)c2cccc3cccc1c23.[Zn]. The summed E-state index contributed by atoms with van der Waals surface area (Å²) in [6.45, 7) is 5.51. The summed E-state index contributed by atoms with van der Waals surface area (Å²) >= 11 is 9.21. The van der Waals surface area contributed by atoms with Crippen LogP contribution in [0, 0.1) is 0 Å². The molecule has 152 valence electrons. The maximum Gasteiger partial charge on any atom is 0.234 e. The van der Waals surface area contributed by atoms with Crippen LogP contribution in [0.15, 0.2) is 36.4 Å². The first-order valence-corrected chi connectivity index (χ1v) is 9.32. The molecule has 0 bridgehead atoms. The van der Waals surface area contributed by atoms with Gasteiger partial charge in [0.2, 0.25) is 11.6 Å². The average Bonchev–Trinajstić information content (AvgIpc) is 2.96. The number of carbonyl (C=O) groups excluding carboxylic acids is 2. The molecule has 0 saturated carbocycles. The fourth-order valence-corrected chi connectivity index (χ4v) is 2.68. The zero-order chi connectivity index (χ0) is 21.1. The number of Topliss-reactive ketones (excluding diaryl/α,β-unsaturated/α-hetero) is 2. The van der Waals surface area contributed by atoms with Crippen LogP contribution in [0.5, 0.6) is 0 Å². The van der Waals surface area contributed by atoms with Crippen molar-refractivity contribution >= 4 is 57.0 Å². The zero-order valence-electron chi connectivity index (χ0n) is 16.4. The van der Waals surface area contributed by atoms with Gasteiger partial charge in [0, 0.05) is 49.1 Å². The number of nitrogens with two attached hydrogens (primary N) is 2. The molecule has 0 saturated heterocycles. The molecular weight excluding hydrogens is 462 g/mol. The van der Waals surface area contributed by atoms with Gasteiger partial charge in [0.15, 0.2) is 10.2 Å². The third kappa shape index (κ3) is 7.71. The summed E-state index contributed by atoms with van der Waals surface area (Å²) in [5, 5.41) is 8.33. The Bertz CT molecular complexity index is 812. The first-order valence-electron chi connectivity index (χ1n) is 8.50. The van der Waals surface area contributed by atoms with Crippen LogP contribution in [0.25, 0.3) is 10.8 Å². The van der Waals surface area contributed by atoms with E-state index in [0.717, 1.165) is 23.9 Å². The Morgan fingerprint density at radius 3 is 1.48 bits per heavy atom. The Morgan fingerprint density at radius 1 is 0.828 bits per heavy atom. The Hall–Kier alpha value is -2.04. The molecule has 0 aliphatic heterocycles. The number of carbonyl (C=O) groups is 2. The third-order valence-electron chi connectivity index (χ3n) is 3.54. The molecule has 0 aromatic heterocycles. The van der Waals surface area contributed by atoms with E-state index in [9.17, 15) is 9.59 Å². The summed E-state index contributed by atoms with van der Waals surface area (Å²) in [4.78, 5) is 23.1. The minimum atomic E-state index is -0.378. The van der Waals surface area contributed by atoms with Crippen molar-refractivity contribution in [2.75, 3.05) is 13.1 Å². The number of rotatable bonds is 2. The molecule has 29 heavy (non-hydrogen) atoms. The minimum Gasteiger partial charge on any atom is -0.362 e. The van der Waals surface area contributed by atoms with Gasteiger partial charge in [-0.25, -0.2) is 11.7 Å². The zero-order valence-corrected chi connectivity index (χ0v) is 21.0. The van der Waals surface area contributed by atoms with Crippen LogP contribution in [0.4, 0.5) is 0 Å². The van der Waals surface area contributed by atoms with Gasteiger partial charge in [-0.05, 0) is 43.7 Å². The van der Waals surface area contributed by atoms with Crippen LogP contribution in [-0.2, 0) is 19.5 Å². The van der Waals surface area contributed by atoms with E-state index in [2.05, 4.69) is 45.9 Å². The first kappa shape index (κ1) is 27.0. The van der Waals surface area contributed by atoms with Crippen molar-refractivity contribution in [2.45, 2.75) is 13.8 Å². The molecule has 11 heteroatoms. The van der Waals surface area contributed by atoms with E-state index in [0.29, 0.717) is 21.4 Å². The Balaban J connectivity index is 0.000000451. The molecule has 0 unspecified atom stereocenters. The van der Waals surface area contributed by atoms with E-state index >= 15 is 0 Å². The quantitative estimate of drug-likeness (QED) is 0.120. The van der Waals surface area contributed by atoms with Crippen LogP contribution >= 0.6 is 24.4 Å². The summed E-state index contributed by atoms with van der Waals surface area (Å²) < 4.78 is 0. The Morgan fingerprint density at radius 2 is 1.21 bits per heavy atom. The van der Waals surface area contributed by atoms with Gasteiger partial charge in [-0.1, -0.05) is 36.4 Å². The van der Waals surface area contributed by atoms with Gasteiger partial charge >= 0.3 is 0 Å².